The molecule has 0 bridgehead atoms. The van der Waals surface area contributed by atoms with Gasteiger partial charge in [0, 0.05) is 17.0 Å². The van der Waals surface area contributed by atoms with Crippen LogP contribution in [0.4, 0.5) is 5.69 Å². The smallest absolute Gasteiger partial charge is 0.112 e. The van der Waals surface area contributed by atoms with Gasteiger partial charge in [0.05, 0.1) is 11.9 Å². The Morgan fingerprint density at radius 3 is 3.00 bits per heavy atom. The first-order chi connectivity index (χ1) is 7.77. The van der Waals surface area contributed by atoms with Gasteiger partial charge < -0.3 is 10.2 Å². The van der Waals surface area contributed by atoms with E-state index in [9.17, 15) is 0 Å². The number of thioether (sulfide) groups is 1. The molecule has 82 valence electrons. The molecule has 16 heavy (non-hydrogen) atoms. The van der Waals surface area contributed by atoms with Crippen molar-refractivity contribution < 1.29 is 0 Å². The molecular formula is C11H10N2S3. The maximum atomic E-state index is 5.55. The minimum atomic E-state index is 0.264. The lowest BCUT2D eigenvalue weighted by Gasteiger charge is -2.23. The first-order valence-electron chi connectivity index (χ1n) is 5.06. The molecule has 2 aliphatic rings. The van der Waals surface area contributed by atoms with Gasteiger partial charge in [-0.2, -0.15) is 0 Å². The second kappa shape index (κ2) is 3.98. The molecule has 3 rings (SSSR count). The average molecular weight is 266 g/mol. The van der Waals surface area contributed by atoms with Gasteiger partial charge in [-0.15, -0.1) is 11.8 Å². The number of anilines is 1. The summed E-state index contributed by atoms with van der Waals surface area (Å²) in [5.41, 5.74) is 2.13. The Balaban J connectivity index is 2.11. The minimum absolute atomic E-state index is 0.264. The summed E-state index contributed by atoms with van der Waals surface area (Å²) in [6.07, 6.45) is 0. The summed E-state index contributed by atoms with van der Waals surface area (Å²) >= 11 is 12.9. The standard InChI is InChI=1S/C11H10N2S3/c14-10-9-5-16-6-13(9)11(15)7-3-1-2-4-8(7)12-10/h1-4,9H,5-6H2,(H,12,14). The molecule has 2 aliphatic heterocycles. The molecule has 1 unspecified atom stereocenters. The third-order valence-corrected chi connectivity index (χ3v) is 4.70. The van der Waals surface area contributed by atoms with Crippen molar-refractivity contribution in [3.8, 4) is 0 Å². The van der Waals surface area contributed by atoms with Crippen LogP contribution in [0.1, 0.15) is 5.56 Å². The molecule has 2 heterocycles. The fraction of sp³-hybridized carbons (Fsp3) is 0.273. The molecule has 1 fully saturated rings. The molecule has 1 aromatic rings. The molecule has 1 saturated heterocycles. The number of fused-ring (bicyclic) bond motifs is 2. The van der Waals surface area contributed by atoms with Gasteiger partial charge in [-0.05, 0) is 12.1 Å². The van der Waals surface area contributed by atoms with Crippen LogP contribution in [0, 0.1) is 0 Å². The van der Waals surface area contributed by atoms with E-state index in [1.54, 1.807) is 0 Å². The highest BCUT2D eigenvalue weighted by Crippen LogP contribution is 2.30. The average Bonchev–Trinajstić information content (AvgIpc) is 2.74. The summed E-state index contributed by atoms with van der Waals surface area (Å²) < 4.78 is 0. The number of para-hydroxylation sites is 1. The van der Waals surface area contributed by atoms with Crippen molar-refractivity contribution in [3.05, 3.63) is 29.8 Å². The quantitative estimate of drug-likeness (QED) is 0.724. The van der Waals surface area contributed by atoms with Gasteiger partial charge in [0.2, 0.25) is 0 Å². The van der Waals surface area contributed by atoms with Crippen molar-refractivity contribution in [3.63, 3.8) is 0 Å². The van der Waals surface area contributed by atoms with Crippen LogP contribution in [0.5, 0.6) is 0 Å². The van der Waals surface area contributed by atoms with Gasteiger partial charge in [-0.1, -0.05) is 36.6 Å². The van der Waals surface area contributed by atoms with Crippen LogP contribution in [0.25, 0.3) is 0 Å². The van der Waals surface area contributed by atoms with Gasteiger partial charge in [0.15, 0.2) is 0 Å². The van der Waals surface area contributed by atoms with Crippen molar-refractivity contribution in [1.29, 1.82) is 0 Å². The molecule has 0 amide bonds. The lowest BCUT2D eigenvalue weighted by molar-refractivity contribution is 0.499. The lowest BCUT2D eigenvalue weighted by atomic mass is 10.2. The molecule has 0 aromatic heterocycles. The van der Waals surface area contributed by atoms with Crippen LogP contribution >= 0.6 is 36.2 Å². The van der Waals surface area contributed by atoms with Gasteiger partial charge >= 0.3 is 0 Å². The van der Waals surface area contributed by atoms with E-state index in [1.165, 1.54) is 0 Å². The molecule has 0 saturated carbocycles. The first kappa shape index (κ1) is 10.5. The van der Waals surface area contributed by atoms with Crippen LogP contribution in [0.3, 0.4) is 0 Å². The first-order valence-corrected chi connectivity index (χ1v) is 7.03. The third kappa shape index (κ3) is 1.54. The maximum Gasteiger partial charge on any atom is 0.112 e. The van der Waals surface area contributed by atoms with E-state index in [4.69, 9.17) is 24.4 Å². The summed E-state index contributed by atoms with van der Waals surface area (Å²) in [4.78, 5) is 4.02. The predicted molar refractivity (Wildman–Crippen MR) is 77.3 cm³/mol. The second-order valence-electron chi connectivity index (χ2n) is 3.83. The minimum Gasteiger partial charge on any atom is -0.348 e. The molecule has 1 N–H and O–H groups in total. The lowest BCUT2D eigenvalue weighted by Crippen LogP contribution is -2.40. The van der Waals surface area contributed by atoms with Crippen LogP contribution in [-0.4, -0.2) is 32.5 Å². The SMILES string of the molecule is S=C1Nc2ccccc2C(=S)N2CSCC12. The zero-order chi connectivity index (χ0) is 11.1. The molecule has 5 heteroatoms. The Morgan fingerprint density at radius 1 is 1.31 bits per heavy atom. The number of benzene rings is 1. The fourth-order valence-electron chi connectivity index (χ4n) is 2.01. The van der Waals surface area contributed by atoms with Crippen molar-refractivity contribution in [1.82, 2.24) is 4.90 Å². The van der Waals surface area contributed by atoms with Crippen LogP contribution in [0.15, 0.2) is 24.3 Å². The van der Waals surface area contributed by atoms with Crippen molar-refractivity contribution in [2.45, 2.75) is 6.04 Å². The third-order valence-electron chi connectivity index (χ3n) is 2.86. The summed E-state index contributed by atoms with van der Waals surface area (Å²) in [7, 11) is 0. The normalized spacial score (nSPS) is 23.5. The molecule has 0 radical (unpaired) electrons. The molecule has 1 aromatic carbocycles. The summed E-state index contributed by atoms with van der Waals surface area (Å²) in [5.74, 6) is 1.97. The summed E-state index contributed by atoms with van der Waals surface area (Å²) in [6, 6.07) is 8.36. The van der Waals surface area contributed by atoms with E-state index >= 15 is 0 Å². The van der Waals surface area contributed by atoms with Crippen molar-refractivity contribution in [2.75, 3.05) is 16.9 Å². The highest BCUT2D eigenvalue weighted by Gasteiger charge is 2.34. The monoisotopic (exact) mass is 266 g/mol. The Kier molecular flexibility index (Phi) is 2.61. The number of nitrogens with zero attached hydrogens (tertiary/aromatic N) is 1. The summed E-state index contributed by atoms with van der Waals surface area (Å²) in [5, 5.41) is 3.31. The Labute approximate surface area is 109 Å². The highest BCUT2D eigenvalue weighted by atomic mass is 32.2. The van der Waals surface area contributed by atoms with Crippen molar-refractivity contribution in [2.24, 2.45) is 0 Å². The Morgan fingerprint density at radius 2 is 2.12 bits per heavy atom. The zero-order valence-corrected chi connectivity index (χ0v) is 10.9. The topological polar surface area (TPSA) is 15.3 Å². The molecule has 1 atom stereocenters. The van der Waals surface area contributed by atoms with Crippen LogP contribution in [0.2, 0.25) is 0 Å². The van der Waals surface area contributed by atoms with E-state index in [1.807, 2.05) is 30.0 Å². The van der Waals surface area contributed by atoms with E-state index < -0.39 is 0 Å². The predicted octanol–water partition coefficient (Wildman–Crippen LogP) is 2.49. The van der Waals surface area contributed by atoms with Crippen LogP contribution < -0.4 is 5.32 Å². The number of hydrogen-bond acceptors (Lipinski definition) is 3. The number of thiocarbonyl (C=S) groups is 2. The van der Waals surface area contributed by atoms with Crippen LogP contribution in [-0.2, 0) is 0 Å². The van der Waals surface area contributed by atoms with E-state index in [0.717, 1.165) is 32.9 Å². The van der Waals surface area contributed by atoms with E-state index in [0.29, 0.717) is 0 Å². The second-order valence-corrected chi connectivity index (χ2v) is 5.65. The van der Waals surface area contributed by atoms with Gasteiger partial charge in [-0.25, -0.2) is 0 Å². The fourth-order valence-corrected chi connectivity index (χ4v) is 4.07. The zero-order valence-electron chi connectivity index (χ0n) is 8.47. The Hall–Kier alpha value is -0.650. The molecule has 2 nitrogen and oxygen atoms in total. The largest absolute Gasteiger partial charge is 0.348 e. The van der Waals surface area contributed by atoms with E-state index in [2.05, 4.69) is 16.3 Å². The van der Waals surface area contributed by atoms with Gasteiger partial charge in [-0.3, -0.25) is 0 Å². The highest BCUT2D eigenvalue weighted by molar-refractivity contribution is 7.99. The number of nitrogens with one attached hydrogen (secondary N) is 1. The maximum absolute atomic E-state index is 5.55. The Bertz CT molecular complexity index is 472. The van der Waals surface area contributed by atoms with Crippen molar-refractivity contribution >= 4 is 51.9 Å². The molecular weight excluding hydrogens is 256 g/mol. The van der Waals surface area contributed by atoms with Gasteiger partial charge in [0.1, 0.15) is 9.98 Å². The molecule has 0 aliphatic carbocycles. The molecule has 0 spiro atoms. The van der Waals surface area contributed by atoms with E-state index in [-0.39, 0.29) is 6.04 Å². The number of rotatable bonds is 0. The summed E-state index contributed by atoms with van der Waals surface area (Å²) in [6.45, 7) is 0. The van der Waals surface area contributed by atoms with Gasteiger partial charge in [0.25, 0.3) is 0 Å². The number of hydrogen-bond donors (Lipinski definition) is 1.